The summed E-state index contributed by atoms with van der Waals surface area (Å²) in [5.74, 6) is 0.682. The molecule has 2 aromatic heterocycles. The minimum Gasteiger partial charge on any atom is -0.492 e. The van der Waals surface area contributed by atoms with E-state index in [-0.39, 0.29) is 0 Å². The quantitative estimate of drug-likeness (QED) is 0.559. The van der Waals surface area contributed by atoms with E-state index in [0.717, 1.165) is 13.0 Å². The summed E-state index contributed by atoms with van der Waals surface area (Å²) in [6.07, 6.45) is 8.61. The number of carbonyl (C=O) groups is 1. The molecule has 88 valence electrons. The fraction of sp³-hybridized carbons (Fsp3) is 0.250. The first kappa shape index (κ1) is 11.3. The zero-order valence-corrected chi connectivity index (χ0v) is 9.32. The van der Waals surface area contributed by atoms with Gasteiger partial charge in [0.05, 0.1) is 19.1 Å². The molecule has 2 heterocycles. The molecular formula is C12H13N3O2. The molecule has 0 unspecified atom stereocenters. The van der Waals surface area contributed by atoms with Gasteiger partial charge in [-0.15, -0.1) is 0 Å². The topological polar surface area (TPSA) is 57.0 Å². The number of hydrogen-bond acceptors (Lipinski definition) is 4. The number of aldehydes is 1. The van der Waals surface area contributed by atoms with E-state index in [4.69, 9.17) is 4.74 Å². The van der Waals surface area contributed by atoms with Crippen LogP contribution in [0.5, 0.6) is 5.75 Å². The average molecular weight is 231 g/mol. The molecule has 5 nitrogen and oxygen atoms in total. The highest BCUT2D eigenvalue weighted by Gasteiger charge is 1.96. The van der Waals surface area contributed by atoms with Crippen molar-refractivity contribution in [2.24, 2.45) is 0 Å². The Kier molecular flexibility index (Phi) is 3.85. The maximum Gasteiger partial charge on any atom is 0.168 e. The first-order chi connectivity index (χ1) is 8.38. The molecule has 0 aliphatic carbocycles. The number of imidazole rings is 1. The zero-order chi connectivity index (χ0) is 11.9. The van der Waals surface area contributed by atoms with E-state index in [1.54, 1.807) is 30.9 Å². The monoisotopic (exact) mass is 231 g/mol. The average Bonchev–Trinajstić information content (AvgIpc) is 2.88. The molecule has 2 aromatic rings. The number of ether oxygens (including phenoxy) is 1. The molecule has 0 aromatic carbocycles. The summed E-state index contributed by atoms with van der Waals surface area (Å²) in [5.41, 5.74) is 0.413. The number of aryl methyl sites for hydroxylation is 1. The molecule has 0 amide bonds. The second kappa shape index (κ2) is 5.79. The van der Waals surface area contributed by atoms with Crippen LogP contribution < -0.4 is 4.74 Å². The summed E-state index contributed by atoms with van der Waals surface area (Å²) in [7, 11) is 0. The van der Waals surface area contributed by atoms with Crippen LogP contribution in [-0.4, -0.2) is 27.4 Å². The summed E-state index contributed by atoms with van der Waals surface area (Å²) in [4.78, 5) is 18.3. The van der Waals surface area contributed by atoms with Crippen LogP contribution in [0.1, 0.15) is 16.9 Å². The van der Waals surface area contributed by atoms with Crippen molar-refractivity contribution in [3.05, 3.63) is 42.7 Å². The number of aromatic nitrogens is 3. The molecule has 0 atom stereocenters. The number of rotatable bonds is 6. The molecule has 0 saturated carbocycles. The van der Waals surface area contributed by atoms with E-state index in [9.17, 15) is 4.79 Å². The van der Waals surface area contributed by atoms with Crippen LogP contribution in [0.25, 0.3) is 0 Å². The van der Waals surface area contributed by atoms with Crippen molar-refractivity contribution in [2.45, 2.75) is 13.0 Å². The highest BCUT2D eigenvalue weighted by molar-refractivity contribution is 5.71. The van der Waals surface area contributed by atoms with E-state index in [2.05, 4.69) is 9.97 Å². The third-order valence-corrected chi connectivity index (χ3v) is 2.27. The lowest BCUT2D eigenvalue weighted by molar-refractivity contribution is 0.111. The predicted molar refractivity (Wildman–Crippen MR) is 62.0 cm³/mol. The fourth-order valence-electron chi connectivity index (χ4n) is 1.40. The van der Waals surface area contributed by atoms with Gasteiger partial charge in [-0.25, -0.2) is 9.97 Å². The molecule has 17 heavy (non-hydrogen) atoms. The van der Waals surface area contributed by atoms with Crippen LogP contribution >= 0.6 is 0 Å². The van der Waals surface area contributed by atoms with Gasteiger partial charge >= 0.3 is 0 Å². The smallest absolute Gasteiger partial charge is 0.168 e. The molecule has 2 rings (SSSR count). The highest BCUT2D eigenvalue weighted by atomic mass is 16.5. The Bertz CT molecular complexity index is 451. The van der Waals surface area contributed by atoms with Gasteiger partial charge in [0.2, 0.25) is 0 Å². The summed E-state index contributed by atoms with van der Waals surface area (Å²) in [5, 5.41) is 0. The van der Waals surface area contributed by atoms with Crippen LogP contribution in [0.3, 0.4) is 0 Å². The minimum atomic E-state index is 0.413. The third kappa shape index (κ3) is 3.41. The van der Waals surface area contributed by atoms with Crippen molar-refractivity contribution < 1.29 is 9.53 Å². The van der Waals surface area contributed by atoms with Crippen LogP contribution in [0.4, 0.5) is 0 Å². The Hall–Kier alpha value is -2.17. The molecule has 0 radical (unpaired) electrons. The van der Waals surface area contributed by atoms with Crippen molar-refractivity contribution >= 4 is 6.29 Å². The lowest BCUT2D eigenvalue weighted by atomic mass is 10.3. The number of pyridine rings is 1. The fourth-order valence-corrected chi connectivity index (χ4v) is 1.40. The van der Waals surface area contributed by atoms with E-state index < -0.39 is 0 Å². The standard InChI is InChI=1S/C12H13N3O2/c16-9-11-2-3-12(8-14-11)17-7-1-5-15-6-4-13-10-15/h2-4,6,8-10H,1,5,7H2. The summed E-state index contributed by atoms with van der Waals surface area (Å²) in [6.45, 7) is 1.49. The number of hydrogen-bond donors (Lipinski definition) is 0. The van der Waals surface area contributed by atoms with Crippen molar-refractivity contribution in [3.8, 4) is 5.75 Å². The summed E-state index contributed by atoms with van der Waals surface area (Å²) >= 11 is 0. The van der Waals surface area contributed by atoms with E-state index in [0.29, 0.717) is 24.3 Å². The number of nitrogens with zero attached hydrogens (tertiary/aromatic N) is 3. The summed E-state index contributed by atoms with van der Waals surface area (Å²) in [6, 6.07) is 3.38. The van der Waals surface area contributed by atoms with Crippen molar-refractivity contribution in [1.29, 1.82) is 0 Å². The van der Waals surface area contributed by atoms with Crippen molar-refractivity contribution in [3.63, 3.8) is 0 Å². The first-order valence-electron chi connectivity index (χ1n) is 5.38. The second-order valence-electron chi connectivity index (χ2n) is 3.54. The largest absolute Gasteiger partial charge is 0.492 e. The van der Waals surface area contributed by atoms with Crippen LogP contribution in [0.2, 0.25) is 0 Å². The van der Waals surface area contributed by atoms with E-state index in [1.165, 1.54) is 0 Å². The summed E-state index contributed by atoms with van der Waals surface area (Å²) < 4.78 is 7.49. The Morgan fingerprint density at radius 1 is 1.41 bits per heavy atom. The van der Waals surface area contributed by atoms with Gasteiger partial charge in [0.15, 0.2) is 6.29 Å². The Balaban J connectivity index is 1.72. The van der Waals surface area contributed by atoms with Gasteiger partial charge in [0.1, 0.15) is 11.4 Å². The molecule has 0 spiro atoms. The Morgan fingerprint density at radius 3 is 3.00 bits per heavy atom. The number of carbonyl (C=O) groups excluding carboxylic acids is 1. The lowest BCUT2D eigenvalue weighted by Gasteiger charge is -2.06. The normalized spacial score (nSPS) is 10.1. The van der Waals surface area contributed by atoms with Gasteiger partial charge in [-0.05, 0) is 18.6 Å². The Morgan fingerprint density at radius 2 is 2.35 bits per heavy atom. The highest BCUT2D eigenvalue weighted by Crippen LogP contribution is 2.08. The molecule has 5 heteroatoms. The van der Waals surface area contributed by atoms with E-state index >= 15 is 0 Å². The molecule has 0 N–H and O–H groups in total. The van der Waals surface area contributed by atoms with Crippen LogP contribution in [0.15, 0.2) is 37.1 Å². The van der Waals surface area contributed by atoms with Gasteiger partial charge < -0.3 is 9.30 Å². The van der Waals surface area contributed by atoms with Crippen LogP contribution in [0, 0.1) is 0 Å². The van der Waals surface area contributed by atoms with E-state index in [1.807, 2.05) is 10.8 Å². The predicted octanol–water partition coefficient (Wildman–Crippen LogP) is 1.56. The minimum absolute atomic E-state index is 0.413. The Labute approximate surface area is 99.1 Å². The van der Waals surface area contributed by atoms with Gasteiger partial charge in [-0.2, -0.15) is 0 Å². The van der Waals surface area contributed by atoms with Gasteiger partial charge in [0, 0.05) is 18.9 Å². The maximum atomic E-state index is 10.4. The molecule has 0 bridgehead atoms. The second-order valence-corrected chi connectivity index (χ2v) is 3.54. The van der Waals surface area contributed by atoms with Gasteiger partial charge in [0.25, 0.3) is 0 Å². The first-order valence-corrected chi connectivity index (χ1v) is 5.38. The van der Waals surface area contributed by atoms with Gasteiger partial charge in [-0.3, -0.25) is 4.79 Å². The third-order valence-electron chi connectivity index (χ3n) is 2.27. The lowest BCUT2D eigenvalue weighted by Crippen LogP contribution is -2.03. The zero-order valence-electron chi connectivity index (χ0n) is 9.32. The van der Waals surface area contributed by atoms with Crippen LogP contribution in [-0.2, 0) is 6.54 Å². The molecule has 0 saturated heterocycles. The molecular weight excluding hydrogens is 218 g/mol. The maximum absolute atomic E-state index is 10.4. The molecule has 0 fully saturated rings. The van der Waals surface area contributed by atoms with Crippen molar-refractivity contribution in [1.82, 2.24) is 14.5 Å². The molecule has 0 aliphatic heterocycles. The SMILES string of the molecule is O=Cc1ccc(OCCCn2ccnc2)cn1. The molecule has 0 aliphatic rings. The van der Waals surface area contributed by atoms with Crippen molar-refractivity contribution in [2.75, 3.05) is 6.61 Å². The van der Waals surface area contributed by atoms with Gasteiger partial charge in [-0.1, -0.05) is 0 Å².